The summed E-state index contributed by atoms with van der Waals surface area (Å²) in [5.41, 5.74) is 2.65. The minimum absolute atomic E-state index is 0.0148. The molecule has 216 valence electrons. The first kappa shape index (κ1) is 27.6. The molecule has 4 aromatic carbocycles. The zero-order valence-corrected chi connectivity index (χ0v) is 23.2. The molecule has 4 N–H and O–H groups in total. The summed E-state index contributed by atoms with van der Waals surface area (Å²) in [6.07, 6.45) is 0.365. The van der Waals surface area contributed by atoms with Crippen molar-refractivity contribution >= 4 is 33.6 Å². The van der Waals surface area contributed by atoms with Crippen LogP contribution in [0.2, 0.25) is 0 Å². The Morgan fingerprint density at radius 3 is 2.53 bits per heavy atom. The molecule has 0 radical (unpaired) electrons. The first-order chi connectivity index (χ1) is 20.9. The smallest absolute Gasteiger partial charge is 0.344 e. The van der Waals surface area contributed by atoms with Crippen molar-refractivity contribution in [1.82, 2.24) is 10.3 Å². The maximum Gasteiger partial charge on any atom is 0.344 e. The van der Waals surface area contributed by atoms with E-state index in [4.69, 9.17) is 9.15 Å². The summed E-state index contributed by atoms with van der Waals surface area (Å²) < 4.78 is 25.5. The predicted octanol–water partition coefficient (Wildman–Crippen LogP) is 6.67. The summed E-state index contributed by atoms with van der Waals surface area (Å²) in [7, 11) is 1.53. The summed E-state index contributed by atoms with van der Waals surface area (Å²) in [4.78, 5) is 29.7. The molecule has 43 heavy (non-hydrogen) atoms. The van der Waals surface area contributed by atoms with Gasteiger partial charge in [-0.15, -0.1) is 0 Å². The predicted molar refractivity (Wildman–Crippen MR) is 164 cm³/mol. The average molecular weight is 578 g/mol. The number of aromatic nitrogens is 1. The van der Waals surface area contributed by atoms with Crippen LogP contribution >= 0.6 is 0 Å². The number of halogens is 1. The Morgan fingerprint density at radius 2 is 1.72 bits per heavy atom. The first-order valence-electron chi connectivity index (χ1n) is 13.7. The monoisotopic (exact) mass is 577 g/mol. The van der Waals surface area contributed by atoms with E-state index >= 15 is 0 Å². The highest BCUT2D eigenvalue weighted by Gasteiger charge is 2.30. The molecule has 0 aliphatic rings. The van der Waals surface area contributed by atoms with Crippen molar-refractivity contribution in [2.45, 2.75) is 12.3 Å². The number of benzene rings is 4. The lowest BCUT2D eigenvalue weighted by Gasteiger charge is -2.20. The van der Waals surface area contributed by atoms with Gasteiger partial charge in [0.05, 0.1) is 29.7 Å². The maximum absolute atomic E-state index is 14.6. The molecule has 9 heteroatoms. The summed E-state index contributed by atoms with van der Waals surface area (Å²) in [6, 6.07) is 26.9. The Kier molecular flexibility index (Phi) is 7.53. The molecular weight excluding hydrogens is 549 g/mol. The number of aromatic amines is 1. The molecule has 0 fully saturated rings. The van der Waals surface area contributed by atoms with Crippen molar-refractivity contribution in [2.24, 2.45) is 0 Å². The Bertz CT molecular complexity index is 2020. The number of urea groups is 1. The third-order valence-corrected chi connectivity index (χ3v) is 7.44. The van der Waals surface area contributed by atoms with Gasteiger partial charge in [0.15, 0.2) is 0 Å². The molecule has 1 unspecified atom stereocenters. The van der Waals surface area contributed by atoms with Gasteiger partial charge in [0.2, 0.25) is 0 Å². The minimum Gasteiger partial charge on any atom is -0.507 e. The van der Waals surface area contributed by atoms with Crippen LogP contribution in [-0.2, 0) is 6.42 Å². The van der Waals surface area contributed by atoms with Gasteiger partial charge in [-0.25, -0.2) is 14.0 Å². The lowest BCUT2D eigenvalue weighted by Crippen LogP contribution is -2.30. The molecule has 0 aliphatic heterocycles. The molecule has 0 bridgehead atoms. The average Bonchev–Trinajstić information content (AvgIpc) is 3.37. The SMILES string of the molecule is COc1ccccc1NC(=O)NCCc1c(C(c2cccc(F)c2)c2c(O)c3ccccc3oc2=O)[nH]c2ccccc12. The molecule has 0 saturated carbocycles. The zero-order valence-electron chi connectivity index (χ0n) is 23.2. The van der Waals surface area contributed by atoms with E-state index in [1.54, 1.807) is 54.6 Å². The van der Waals surface area contributed by atoms with E-state index in [9.17, 15) is 19.1 Å². The number of anilines is 1. The van der Waals surface area contributed by atoms with E-state index in [0.717, 1.165) is 16.5 Å². The zero-order chi connectivity index (χ0) is 29.9. The largest absolute Gasteiger partial charge is 0.507 e. The molecule has 0 saturated heterocycles. The van der Waals surface area contributed by atoms with Gasteiger partial charge in [0.1, 0.15) is 22.9 Å². The van der Waals surface area contributed by atoms with E-state index < -0.39 is 23.4 Å². The fourth-order valence-electron chi connectivity index (χ4n) is 5.52. The second-order valence-electron chi connectivity index (χ2n) is 10.0. The molecule has 6 rings (SSSR count). The van der Waals surface area contributed by atoms with Crippen LogP contribution in [0.3, 0.4) is 0 Å². The van der Waals surface area contributed by atoms with Crippen molar-refractivity contribution < 1.29 is 23.4 Å². The second kappa shape index (κ2) is 11.7. The molecule has 8 nitrogen and oxygen atoms in total. The highest BCUT2D eigenvalue weighted by molar-refractivity contribution is 5.91. The third-order valence-electron chi connectivity index (χ3n) is 7.44. The van der Waals surface area contributed by atoms with Crippen LogP contribution in [0.4, 0.5) is 14.9 Å². The van der Waals surface area contributed by atoms with Gasteiger partial charge in [0, 0.05) is 23.1 Å². The quantitative estimate of drug-likeness (QED) is 0.151. The minimum atomic E-state index is -0.902. The van der Waals surface area contributed by atoms with Crippen molar-refractivity contribution in [3.8, 4) is 11.5 Å². The van der Waals surface area contributed by atoms with E-state index in [0.29, 0.717) is 34.5 Å². The van der Waals surface area contributed by atoms with Gasteiger partial charge in [0.25, 0.3) is 0 Å². The Hall–Kier alpha value is -5.57. The van der Waals surface area contributed by atoms with Gasteiger partial charge < -0.3 is 29.9 Å². The number of nitrogens with one attached hydrogen (secondary N) is 3. The number of rotatable bonds is 8. The molecule has 2 amide bonds. The number of hydrogen-bond donors (Lipinski definition) is 4. The van der Waals surface area contributed by atoms with E-state index in [2.05, 4.69) is 15.6 Å². The fourth-order valence-corrected chi connectivity index (χ4v) is 5.52. The van der Waals surface area contributed by atoms with Gasteiger partial charge in [-0.1, -0.05) is 54.6 Å². The number of amides is 2. The lowest BCUT2D eigenvalue weighted by atomic mass is 9.85. The van der Waals surface area contributed by atoms with Crippen LogP contribution in [0, 0.1) is 5.82 Å². The molecule has 2 heterocycles. The maximum atomic E-state index is 14.6. The number of carbonyl (C=O) groups excluding carboxylic acids is 1. The number of aromatic hydroxyl groups is 1. The number of carbonyl (C=O) groups is 1. The summed E-state index contributed by atoms with van der Waals surface area (Å²) in [5.74, 6) is -1.09. The van der Waals surface area contributed by atoms with Crippen LogP contribution in [0.25, 0.3) is 21.9 Å². The standard InChI is InChI=1S/C34H28FN3O5/c1-42-28-16-7-5-14-26(28)38-34(41)36-18-17-23-22-11-2-4-13-25(22)37-31(23)29(20-9-8-10-21(35)19-20)30-32(39)24-12-3-6-15-27(24)43-33(30)40/h2-16,19,29,37,39H,17-18H2,1H3,(H2,36,38,41). The summed E-state index contributed by atoms with van der Waals surface area (Å²) in [6.45, 7) is 0.240. The highest BCUT2D eigenvalue weighted by Crippen LogP contribution is 2.41. The van der Waals surface area contributed by atoms with Crippen LogP contribution in [0.5, 0.6) is 11.5 Å². The molecule has 0 spiro atoms. The van der Waals surface area contributed by atoms with Gasteiger partial charge in [-0.05, 0) is 60.0 Å². The lowest BCUT2D eigenvalue weighted by molar-refractivity contribution is 0.252. The highest BCUT2D eigenvalue weighted by atomic mass is 19.1. The van der Waals surface area contributed by atoms with Crippen LogP contribution in [0.15, 0.2) is 106 Å². The van der Waals surface area contributed by atoms with Crippen molar-refractivity contribution in [2.75, 3.05) is 19.0 Å². The number of fused-ring (bicyclic) bond motifs is 2. The number of para-hydroxylation sites is 4. The summed E-state index contributed by atoms with van der Waals surface area (Å²) in [5, 5.41) is 18.4. The first-order valence-corrected chi connectivity index (χ1v) is 13.7. The van der Waals surface area contributed by atoms with Gasteiger partial charge in [-0.3, -0.25) is 0 Å². The number of ether oxygens (including phenoxy) is 1. The fraction of sp³-hybridized carbons (Fsp3) is 0.118. The van der Waals surface area contributed by atoms with E-state index in [1.165, 1.54) is 19.2 Å². The van der Waals surface area contributed by atoms with E-state index in [-0.39, 0.29) is 23.4 Å². The Balaban J connectivity index is 1.42. The van der Waals surface area contributed by atoms with Crippen molar-refractivity contribution in [1.29, 1.82) is 0 Å². The molecule has 0 aliphatic carbocycles. The Labute approximate surface area is 245 Å². The van der Waals surface area contributed by atoms with Crippen molar-refractivity contribution in [3.05, 3.63) is 136 Å². The number of hydrogen-bond acceptors (Lipinski definition) is 5. The van der Waals surface area contributed by atoms with Gasteiger partial charge in [-0.2, -0.15) is 0 Å². The number of H-pyrrole nitrogens is 1. The van der Waals surface area contributed by atoms with Crippen LogP contribution in [0.1, 0.15) is 28.3 Å². The van der Waals surface area contributed by atoms with Crippen LogP contribution < -0.4 is 21.0 Å². The number of methoxy groups -OCH3 is 1. The Morgan fingerprint density at radius 1 is 0.977 bits per heavy atom. The summed E-state index contributed by atoms with van der Waals surface area (Å²) >= 11 is 0. The second-order valence-corrected chi connectivity index (χ2v) is 10.0. The van der Waals surface area contributed by atoms with Gasteiger partial charge >= 0.3 is 11.7 Å². The topological polar surface area (TPSA) is 117 Å². The molecular formula is C34H28FN3O5. The van der Waals surface area contributed by atoms with Crippen LogP contribution in [-0.4, -0.2) is 29.8 Å². The molecule has 2 aromatic heterocycles. The van der Waals surface area contributed by atoms with Crippen molar-refractivity contribution in [3.63, 3.8) is 0 Å². The molecule has 6 aromatic rings. The third kappa shape index (κ3) is 5.40. The normalized spacial score (nSPS) is 11.9. The molecule has 1 atom stereocenters. The van der Waals surface area contributed by atoms with E-state index in [1.807, 2.05) is 30.3 Å².